The van der Waals surface area contributed by atoms with E-state index in [9.17, 15) is 9.59 Å². The number of pyridine rings is 1. The van der Waals surface area contributed by atoms with Crippen LogP contribution in [0.25, 0.3) is 0 Å². The third-order valence-corrected chi connectivity index (χ3v) is 2.85. The van der Waals surface area contributed by atoms with Gasteiger partial charge in [0.25, 0.3) is 0 Å². The number of esters is 2. The van der Waals surface area contributed by atoms with E-state index in [2.05, 4.69) is 14.7 Å². The molecule has 6 heteroatoms. The summed E-state index contributed by atoms with van der Waals surface area (Å²) in [5.41, 5.74) is -0.362. The predicted octanol–water partition coefficient (Wildman–Crippen LogP) is 1.39. The molecule has 0 N–H and O–H groups in total. The normalized spacial score (nSPS) is 13.8. The van der Waals surface area contributed by atoms with E-state index in [1.165, 1.54) is 14.2 Å². The van der Waals surface area contributed by atoms with Crippen LogP contribution in [0.2, 0.25) is 0 Å². The SMILES string of the molecule is COC(=O)CCC(C)(N=Cc1cccnc1)C(=O)OC. The zero-order chi connectivity index (χ0) is 15.0. The van der Waals surface area contributed by atoms with Crippen LogP contribution in [0, 0.1) is 0 Å². The van der Waals surface area contributed by atoms with Gasteiger partial charge >= 0.3 is 11.9 Å². The van der Waals surface area contributed by atoms with Crippen molar-refractivity contribution in [1.29, 1.82) is 0 Å². The van der Waals surface area contributed by atoms with Crippen LogP contribution in [0.15, 0.2) is 29.5 Å². The van der Waals surface area contributed by atoms with Crippen molar-refractivity contribution in [2.75, 3.05) is 14.2 Å². The van der Waals surface area contributed by atoms with Crippen molar-refractivity contribution >= 4 is 18.2 Å². The minimum atomic E-state index is -1.13. The smallest absolute Gasteiger partial charge is 0.333 e. The van der Waals surface area contributed by atoms with E-state index in [0.717, 1.165) is 5.56 Å². The molecule has 20 heavy (non-hydrogen) atoms. The number of rotatable bonds is 6. The molecule has 1 atom stereocenters. The molecule has 1 rings (SSSR count). The third kappa shape index (κ3) is 4.46. The molecule has 0 radical (unpaired) electrons. The van der Waals surface area contributed by atoms with Gasteiger partial charge in [-0.05, 0) is 19.4 Å². The first kappa shape index (κ1) is 15.8. The number of hydrogen-bond donors (Lipinski definition) is 0. The molecule has 0 aliphatic carbocycles. The van der Waals surface area contributed by atoms with Crippen LogP contribution >= 0.6 is 0 Å². The molecule has 0 saturated carbocycles. The molecule has 0 saturated heterocycles. The number of aromatic nitrogens is 1. The Morgan fingerprint density at radius 3 is 2.70 bits per heavy atom. The topological polar surface area (TPSA) is 77.9 Å². The molecule has 1 heterocycles. The van der Waals surface area contributed by atoms with E-state index in [-0.39, 0.29) is 12.8 Å². The van der Waals surface area contributed by atoms with E-state index >= 15 is 0 Å². The summed E-state index contributed by atoms with van der Waals surface area (Å²) in [5.74, 6) is -0.891. The highest BCUT2D eigenvalue weighted by Gasteiger charge is 2.34. The first-order chi connectivity index (χ1) is 9.51. The van der Waals surface area contributed by atoms with Crippen molar-refractivity contribution in [3.05, 3.63) is 30.1 Å². The van der Waals surface area contributed by atoms with Crippen molar-refractivity contribution in [3.8, 4) is 0 Å². The number of ether oxygens (including phenoxy) is 2. The van der Waals surface area contributed by atoms with Gasteiger partial charge in [0.1, 0.15) is 0 Å². The lowest BCUT2D eigenvalue weighted by atomic mass is 9.96. The van der Waals surface area contributed by atoms with Crippen molar-refractivity contribution in [1.82, 2.24) is 4.98 Å². The highest BCUT2D eigenvalue weighted by Crippen LogP contribution is 2.20. The Kier molecular flexibility index (Phi) is 5.83. The summed E-state index contributed by atoms with van der Waals surface area (Å²) in [6.07, 6.45) is 5.12. The molecule has 0 spiro atoms. The Balaban J connectivity index is 2.85. The standard InChI is InChI=1S/C14H18N2O4/c1-14(13(18)20-3,7-6-12(17)19-2)16-10-11-5-4-8-15-9-11/h4-5,8-10H,6-7H2,1-3H3. The summed E-state index contributed by atoms with van der Waals surface area (Å²) in [7, 11) is 2.59. The van der Waals surface area contributed by atoms with Crippen molar-refractivity contribution in [2.45, 2.75) is 25.3 Å². The van der Waals surface area contributed by atoms with Crippen LogP contribution in [-0.2, 0) is 19.1 Å². The average molecular weight is 278 g/mol. The van der Waals surface area contributed by atoms with Gasteiger partial charge in [0.05, 0.1) is 14.2 Å². The van der Waals surface area contributed by atoms with Gasteiger partial charge in [-0.15, -0.1) is 0 Å². The Labute approximate surface area is 117 Å². The fraction of sp³-hybridized carbons (Fsp3) is 0.429. The highest BCUT2D eigenvalue weighted by atomic mass is 16.5. The van der Waals surface area contributed by atoms with Gasteiger partial charge in [-0.25, -0.2) is 4.79 Å². The first-order valence-corrected chi connectivity index (χ1v) is 6.12. The van der Waals surface area contributed by atoms with Crippen LogP contribution < -0.4 is 0 Å². The fourth-order valence-corrected chi connectivity index (χ4v) is 1.56. The molecule has 0 aromatic carbocycles. The number of aliphatic imine (C=N–C) groups is 1. The van der Waals surface area contributed by atoms with Crippen molar-refractivity contribution in [3.63, 3.8) is 0 Å². The van der Waals surface area contributed by atoms with Crippen molar-refractivity contribution < 1.29 is 19.1 Å². The number of methoxy groups -OCH3 is 2. The predicted molar refractivity (Wildman–Crippen MR) is 73.5 cm³/mol. The maximum atomic E-state index is 11.9. The number of carbonyl (C=O) groups is 2. The molecular formula is C14H18N2O4. The molecule has 108 valence electrons. The summed E-state index contributed by atoms with van der Waals surface area (Å²) in [6.45, 7) is 1.62. The van der Waals surface area contributed by atoms with Crippen LogP contribution in [0.4, 0.5) is 0 Å². The zero-order valence-electron chi connectivity index (χ0n) is 11.8. The number of hydrogen-bond acceptors (Lipinski definition) is 6. The van der Waals surface area contributed by atoms with Gasteiger partial charge in [0.15, 0.2) is 5.54 Å². The second kappa shape index (κ2) is 7.37. The molecule has 0 amide bonds. The molecular weight excluding hydrogens is 260 g/mol. The summed E-state index contributed by atoms with van der Waals surface area (Å²) >= 11 is 0. The Bertz CT molecular complexity index is 487. The molecule has 1 aromatic heterocycles. The molecule has 0 bridgehead atoms. The molecule has 1 unspecified atom stereocenters. The van der Waals surface area contributed by atoms with E-state index in [1.54, 1.807) is 31.6 Å². The fourth-order valence-electron chi connectivity index (χ4n) is 1.56. The second-order valence-corrected chi connectivity index (χ2v) is 4.39. The Morgan fingerprint density at radius 1 is 1.40 bits per heavy atom. The molecule has 0 aliphatic heterocycles. The monoisotopic (exact) mass is 278 g/mol. The lowest BCUT2D eigenvalue weighted by Crippen LogP contribution is -2.35. The maximum Gasteiger partial charge on any atom is 0.333 e. The first-order valence-electron chi connectivity index (χ1n) is 6.12. The van der Waals surface area contributed by atoms with Crippen LogP contribution in [-0.4, -0.2) is 42.9 Å². The largest absolute Gasteiger partial charge is 0.469 e. The highest BCUT2D eigenvalue weighted by molar-refractivity contribution is 5.86. The Hall–Kier alpha value is -2.24. The minimum Gasteiger partial charge on any atom is -0.469 e. The van der Waals surface area contributed by atoms with Crippen LogP contribution in [0.5, 0.6) is 0 Å². The lowest BCUT2D eigenvalue weighted by Gasteiger charge is -2.21. The summed E-state index contributed by atoms with van der Waals surface area (Å²) < 4.78 is 9.32. The van der Waals surface area contributed by atoms with E-state index in [0.29, 0.717) is 0 Å². The molecule has 0 fully saturated rings. The molecule has 0 aliphatic rings. The second-order valence-electron chi connectivity index (χ2n) is 4.39. The third-order valence-electron chi connectivity index (χ3n) is 2.85. The Morgan fingerprint density at radius 2 is 2.15 bits per heavy atom. The van der Waals surface area contributed by atoms with Gasteiger partial charge < -0.3 is 9.47 Å². The summed E-state index contributed by atoms with van der Waals surface area (Å²) in [6, 6.07) is 3.58. The van der Waals surface area contributed by atoms with E-state index in [1.807, 2.05) is 6.07 Å². The lowest BCUT2D eigenvalue weighted by molar-refractivity contribution is -0.147. The molecule has 6 nitrogen and oxygen atoms in total. The van der Waals surface area contributed by atoms with Gasteiger partial charge in [-0.3, -0.25) is 14.8 Å². The zero-order valence-corrected chi connectivity index (χ0v) is 11.8. The van der Waals surface area contributed by atoms with Gasteiger partial charge in [-0.2, -0.15) is 0 Å². The van der Waals surface area contributed by atoms with E-state index < -0.39 is 17.5 Å². The van der Waals surface area contributed by atoms with Gasteiger partial charge in [0.2, 0.25) is 0 Å². The van der Waals surface area contributed by atoms with Crippen LogP contribution in [0.1, 0.15) is 25.3 Å². The van der Waals surface area contributed by atoms with Gasteiger partial charge in [-0.1, -0.05) is 6.07 Å². The number of carbonyl (C=O) groups excluding carboxylic acids is 2. The summed E-state index contributed by atoms with van der Waals surface area (Å²) in [5, 5.41) is 0. The van der Waals surface area contributed by atoms with Crippen molar-refractivity contribution in [2.24, 2.45) is 4.99 Å². The van der Waals surface area contributed by atoms with Crippen LogP contribution in [0.3, 0.4) is 0 Å². The average Bonchev–Trinajstić information content (AvgIpc) is 2.50. The van der Waals surface area contributed by atoms with Gasteiger partial charge in [0, 0.05) is 30.6 Å². The summed E-state index contributed by atoms with van der Waals surface area (Å²) in [4.78, 5) is 31.3. The van der Waals surface area contributed by atoms with E-state index in [4.69, 9.17) is 4.74 Å². The quantitative estimate of drug-likeness (QED) is 0.580. The molecule has 1 aromatic rings. The maximum absolute atomic E-state index is 11.9. The minimum absolute atomic E-state index is 0.0898. The number of nitrogens with zero attached hydrogens (tertiary/aromatic N) is 2.